The number of phenols is 1. The van der Waals surface area contributed by atoms with E-state index in [4.69, 9.17) is 21.4 Å². The molecule has 1 heterocycles. The molecule has 0 amide bonds. The van der Waals surface area contributed by atoms with E-state index in [1.807, 2.05) is 6.92 Å². The van der Waals surface area contributed by atoms with E-state index in [-0.39, 0.29) is 40.8 Å². The predicted octanol–water partition coefficient (Wildman–Crippen LogP) is 4.90. The first kappa shape index (κ1) is 34.5. The lowest BCUT2D eigenvalue weighted by Gasteiger charge is -2.21. The van der Waals surface area contributed by atoms with Crippen LogP contribution < -0.4 is 20.8 Å². The second-order valence-electron chi connectivity index (χ2n) is 10.2. The van der Waals surface area contributed by atoms with Gasteiger partial charge in [0.05, 0.1) is 29.1 Å². The summed E-state index contributed by atoms with van der Waals surface area (Å²) >= 11 is 5.10. The largest absolute Gasteiger partial charge is 0.507 e. The van der Waals surface area contributed by atoms with E-state index >= 15 is 0 Å². The van der Waals surface area contributed by atoms with Crippen molar-refractivity contribution in [2.24, 2.45) is 0 Å². The number of halogens is 3. The number of carbonyl (C=O) groups excluding carboxylic acids is 1. The summed E-state index contributed by atoms with van der Waals surface area (Å²) in [6.45, 7) is 3.46. The van der Waals surface area contributed by atoms with Crippen LogP contribution in [0, 0.1) is 0 Å². The molecule has 0 bridgehead atoms. The molecule has 44 heavy (non-hydrogen) atoms. The third-order valence-corrected chi connectivity index (χ3v) is 7.19. The Balaban J connectivity index is 1.85. The number of alkyl halides is 3. The molecule has 0 unspecified atom stereocenters. The summed E-state index contributed by atoms with van der Waals surface area (Å²) in [4.78, 5) is 37.6. The van der Waals surface area contributed by atoms with Crippen LogP contribution in [-0.4, -0.2) is 50.8 Å². The van der Waals surface area contributed by atoms with Crippen LogP contribution in [0.1, 0.15) is 83.9 Å². The van der Waals surface area contributed by atoms with Gasteiger partial charge in [0, 0.05) is 29.2 Å². The maximum absolute atomic E-state index is 13.4. The summed E-state index contributed by atoms with van der Waals surface area (Å²) < 4.78 is 50.1. The number of aromatic hydroxyl groups is 1. The average Bonchev–Trinajstić information content (AvgIpc) is 2.94. The molecule has 1 aliphatic carbocycles. The number of ketones is 1. The molecule has 1 aliphatic rings. The van der Waals surface area contributed by atoms with Crippen LogP contribution in [0.3, 0.4) is 0 Å². The number of phenolic OH excluding ortho intramolecular Hbond substituents is 1. The van der Waals surface area contributed by atoms with Crippen molar-refractivity contribution in [3.05, 3.63) is 79.7 Å². The standard InChI is InChI=1S/C32H33F3O8S/c1-3-8-22-25(13-12-20(18(2)36)28(22)38)42-16-7-5-4-6-9-21(24(37)14-15-32(33,34)35)27-29(39)23-11-10-19(44)17-26(23)43-30(27)31(40)41/h4-6,9,11-13,17,21,24,37-38H,3,7-8,10,14-16H2,1-2H3,(H,40,41)/b5-4-,9-6+/t21-,24-/m0/s1. The van der Waals surface area contributed by atoms with Gasteiger partial charge >= 0.3 is 12.1 Å². The topological polar surface area (TPSA) is 134 Å². The van der Waals surface area contributed by atoms with Crippen LogP contribution in [0.5, 0.6) is 11.5 Å². The molecule has 0 radical (unpaired) electrons. The number of carbonyl (C=O) groups is 2. The molecule has 1 aromatic carbocycles. The van der Waals surface area contributed by atoms with Gasteiger partial charge in [-0.3, -0.25) is 9.59 Å². The molecule has 2 aromatic rings. The summed E-state index contributed by atoms with van der Waals surface area (Å²) in [5.74, 6) is -3.79. The molecule has 0 saturated heterocycles. The van der Waals surface area contributed by atoms with Crippen molar-refractivity contribution in [1.29, 1.82) is 0 Å². The van der Waals surface area contributed by atoms with Gasteiger partial charge < -0.3 is 24.5 Å². The molecule has 0 aliphatic heterocycles. The van der Waals surface area contributed by atoms with Gasteiger partial charge in [-0.05, 0) is 44.4 Å². The Kier molecular flexibility index (Phi) is 11.8. The SMILES string of the molecule is CCCc1c(OCC/C=C\C=C\[C@H](c2c(C(=O)O)oc3c(c2=O)=CCC(=S)C=3)[C@@H](O)CCC(F)(F)F)ccc(C(C)=O)c1O. The van der Waals surface area contributed by atoms with Crippen molar-refractivity contribution in [3.63, 3.8) is 0 Å². The highest BCUT2D eigenvalue weighted by Crippen LogP contribution is 2.33. The van der Waals surface area contributed by atoms with Gasteiger partial charge in [0.2, 0.25) is 5.76 Å². The normalized spacial score (nSPS) is 14.6. The van der Waals surface area contributed by atoms with Gasteiger partial charge in [0.1, 0.15) is 16.9 Å². The summed E-state index contributed by atoms with van der Waals surface area (Å²) in [5.41, 5.74) is -0.576. The number of rotatable bonds is 14. The van der Waals surface area contributed by atoms with Crippen molar-refractivity contribution in [1.82, 2.24) is 0 Å². The summed E-state index contributed by atoms with van der Waals surface area (Å²) in [6, 6.07) is 3.10. The number of benzene rings is 1. The quantitative estimate of drug-likeness (QED) is 0.115. The number of hydrogen-bond acceptors (Lipinski definition) is 8. The summed E-state index contributed by atoms with van der Waals surface area (Å²) in [7, 11) is 0. The maximum atomic E-state index is 13.4. The van der Waals surface area contributed by atoms with Crippen LogP contribution in [-0.2, 0) is 6.42 Å². The minimum Gasteiger partial charge on any atom is -0.507 e. The van der Waals surface area contributed by atoms with Crippen LogP contribution in [0.25, 0.3) is 12.2 Å². The minimum atomic E-state index is -4.58. The van der Waals surface area contributed by atoms with E-state index in [9.17, 15) is 42.9 Å². The highest BCUT2D eigenvalue weighted by Gasteiger charge is 2.33. The fraction of sp³-hybridized carbons (Fsp3) is 0.375. The zero-order valence-electron chi connectivity index (χ0n) is 24.1. The van der Waals surface area contributed by atoms with E-state index in [2.05, 4.69) is 0 Å². The minimum absolute atomic E-state index is 0.0255. The van der Waals surface area contributed by atoms with E-state index in [0.29, 0.717) is 35.4 Å². The molecule has 0 fully saturated rings. The monoisotopic (exact) mass is 634 g/mol. The Labute approximate surface area is 256 Å². The van der Waals surface area contributed by atoms with Gasteiger partial charge in [-0.25, -0.2) is 4.79 Å². The fourth-order valence-corrected chi connectivity index (χ4v) is 4.97. The molecule has 1 aromatic heterocycles. The number of aromatic carboxylic acids is 1. The summed E-state index contributed by atoms with van der Waals surface area (Å²) in [6.07, 6.45) is 1.99. The van der Waals surface area contributed by atoms with Crippen molar-refractivity contribution in [2.45, 2.75) is 70.6 Å². The van der Waals surface area contributed by atoms with Gasteiger partial charge in [0.25, 0.3) is 0 Å². The van der Waals surface area contributed by atoms with E-state index in [1.165, 1.54) is 43.4 Å². The number of fused-ring (bicyclic) bond motifs is 1. The first-order chi connectivity index (χ1) is 20.7. The molecule has 236 valence electrons. The first-order valence-corrected chi connectivity index (χ1v) is 14.4. The Hall–Kier alpha value is -4.03. The van der Waals surface area contributed by atoms with Crippen LogP contribution in [0.2, 0.25) is 0 Å². The number of hydrogen-bond donors (Lipinski definition) is 3. The first-order valence-electron chi connectivity index (χ1n) is 14.0. The average molecular weight is 635 g/mol. The molecular formula is C32H33F3O8S. The molecular weight excluding hydrogens is 601 g/mol. The number of ether oxygens (including phenoxy) is 1. The van der Waals surface area contributed by atoms with E-state index in [1.54, 1.807) is 12.1 Å². The van der Waals surface area contributed by atoms with E-state index in [0.717, 1.165) is 0 Å². The predicted molar refractivity (Wildman–Crippen MR) is 162 cm³/mol. The number of thiocarbonyl (C=S) groups is 1. The Morgan fingerprint density at radius 2 is 1.95 bits per heavy atom. The second kappa shape index (κ2) is 15.1. The van der Waals surface area contributed by atoms with Crippen LogP contribution in [0.4, 0.5) is 13.2 Å². The zero-order chi connectivity index (χ0) is 32.6. The van der Waals surface area contributed by atoms with Crippen molar-refractivity contribution in [3.8, 4) is 11.5 Å². The highest BCUT2D eigenvalue weighted by molar-refractivity contribution is 7.81. The lowest BCUT2D eigenvalue weighted by molar-refractivity contribution is -0.140. The number of Topliss-reactive ketones (excluding diaryl/α,β-unsaturated/α-hetero) is 1. The molecule has 12 heteroatoms. The maximum Gasteiger partial charge on any atom is 0.389 e. The third-order valence-electron chi connectivity index (χ3n) is 6.90. The molecule has 0 spiro atoms. The smallest absolute Gasteiger partial charge is 0.389 e. The molecule has 8 nitrogen and oxygen atoms in total. The highest BCUT2D eigenvalue weighted by atomic mass is 32.1. The second-order valence-corrected chi connectivity index (χ2v) is 10.7. The van der Waals surface area contributed by atoms with Crippen molar-refractivity contribution >= 4 is 41.0 Å². The van der Waals surface area contributed by atoms with Crippen LogP contribution in [0.15, 0.2) is 45.6 Å². The molecule has 0 saturated carbocycles. The molecule has 2 atom stereocenters. The van der Waals surface area contributed by atoms with Crippen molar-refractivity contribution < 1.29 is 47.2 Å². The number of aliphatic hydroxyl groups is 1. The number of allylic oxidation sites excluding steroid dienone is 2. The van der Waals surface area contributed by atoms with Gasteiger partial charge in [-0.2, -0.15) is 13.2 Å². The molecule has 3 rings (SSSR count). The number of carboxylic acids is 1. The fourth-order valence-electron chi connectivity index (χ4n) is 4.78. The zero-order valence-corrected chi connectivity index (χ0v) is 25.0. The Morgan fingerprint density at radius 1 is 1.23 bits per heavy atom. The molecule has 3 N–H and O–H groups in total. The Morgan fingerprint density at radius 3 is 2.59 bits per heavy atom. The Bertz CT molecular complexity index is 1650. The lowest BCUT2D eigenvalue weighted by atomic mass is 9.88. The van der Waals surface area contributed by atoms with Gasteiger partial charge in [-0.15, -0.1) is 0 Å². The van der Waals surface area contributed by atoms with E-state index < -0.39 is 53.8 Å². The van der Waals surface area contributed by atoms with Gasteiger partial charge in [-0.1, -0.05) is 55.9 Å². The summed E-state index contributed by atoms with van der Waals surface area (Å²) in [5, 5.41) is 31.1. The van der Waals surface area contributed by atoms with Crippen LogP contribution >= 0.6 is 12.2 Å². The third kappa shape index (κ3) is 8.76. The van der Waals surface area contributed by atoms with Crippen molar-refractivity contribution in [2.75, 3.05) is 6.61 Å². The van der Waals surface area contributed by atoms with Gasteiger partial charge in [0.15, 0.2) is 11.2 Å². The lowest BCUT2D eigenvalue weighted by Crippen LogP contribution is -2.45. The number of aliphatic hydroxyl groups excluding tert-OH is 1. The number of carboxylic acid groups (broad SMARTS) is 1.